The Morgan fingerprint density at radius 3 is 3.50 bits per heavy atom. The fraction of sp³-hybridized carbons (Fsp3) is 0.667. The van der Waals surface area contributed by atoms with Gasteiger partial charge in [0.15, 0.2) is 0 Å². The van der Waals surface area contributed by atoms with Gasteiger partial charge in [0.05, 0.1) is 0 Å². The van der Waals surface area contributed by atoms with Gasteiger partial charge in [0.1, 0.15) is 0 Å². The average molecular weight is 163 g/mol. The smallest absolute Gasteiger partial charge is 0.203 e. The number of imidazole rings is 1. The summed E-state index contributed by atoms with van der Waals surface area (Å²) in [7, 11) is 0. The zero-order valence-electron chi connectivity index (χ0n) is 7.03. The fourth-order valence-electron chi connectivity index (χ4n) is 2.46. The first kappa shape index (κ1) is 6.52. The topological polar surface area (TPSA) is 29.9 Å². The molecule has 3 rings (SSSR count). The first-order valence-electron chi connectivity index (χ1n) is 4.71. The van der Waals surface area contributed by atoms with Gasteiger partial charge in [0, 0.05) is 25.0 Å². The van der Waals surface area contributed by atoms with Gasteiger partial charge in [-0.3, -0.25) is 0 Å². The van der Waals surface area contributed by atoms with Crippen molar-refractivity contribution in [3.8, 4) is 0 Å². The minimum atomic E-state index is 0.708. The van der Waals surface area contributed by atoms with Crippen LogP contribution in [0.4, 0.5) is 5.95 Å². The van der Waals surface area contributed by atoms with E-state index in [1.54, 1.807) is 0 Å². The summed E-state index contributed by atoms with van der Waals surface area (Å²) in [4.78, 5) is 4.27. The van der Waals surface area contributed by atoms with Crippen molar-refractivity contribution in [1.82, 2.24) is 9.55 Å². The zero-order valence-corrected chi connectivity index (χ0v) is 7.03. The number of anilines is 1. The molecule has 2 heterocycles. The van der Waals surface area contributed by atoms with E-state index in [-0.39, 0.29) is 0 Å². The van der Waals surface area contributed by atoms with Crippen LogP contribution in [0.3, 0.4) is 0 Å². The lowest BCUT2D eigenvalue weighted by Crippen LogP contribution is -2.33. The number of hydrogen-bond acceptors (Lipinski definition) is 2. The molecule has 0 aromatic carbocycles. The van der Waals surface area contributed by atoms with Crippen LogP contribution in [0.25, 0.3) is 0 Å². The minimum absolute atomic E-state index is 0.708. The van der Waals surface area contributed by atoms with Crippen LogP contribution >= 0.6 is 0 Å². The van der Waals surface area contributed by atoms with Gasteiger partial charge in [-0.05, 0) is 18.8 Å². The minimum Gasteiger partial charge on any atom is -0.353 e. The summed E-state index contributed by atoms with van der Waals surface area (Å²) in [5.41, 5.74) is 0. The van der Waals surface area contributed by atoms with Gasteiger partial charge in [0.25, 0.3) is 0 Å². The SMILES string of the molecule is c1cn2c(n1)NC1CCCC1C2. The van der Waals surface area contributed by atoms with Gasteiger partial charge in [-0.1, -0.05) is 6.42 Å². The van der Waals surface area contributed by atoms with E-state index in [9.17, 15) is 0 Å². The van der Waals surface area contributed by atoms with Crippen LogP contribution in [0.5, 0.6) is 0 Å². The van der Waals surface area contributed by atoms with E-state index in [2.05, 4.69) is 21.1 Å². The maximum atomic E-state index is 4.27. The lowest BCUT2D eigenvalue weighted by molar-refractivity contribution is 0.402. The summed E-state index contributed by atoms with van der Waals surface area (Å²) in [5.74, 6) is 1.92. The average Bonchev–Trinajstić information content (AvgIpc) is 2.64. The summed E-state index contributed by atoms with van der Waals surface area (Å²) in [5, 5.41) is 3.49. The van der Waals surface area contributed by atoms with E-state index < -0.39 is 0 Å². The van der Waals surface area contributed by atoms with Crippen molar-refractivity contribution in [2.75, 3.05) is 5.32 Å². The molecule has 1 saturated carbocycles. The van der Waals surface area contributed by atoms with Crippen molar-refractivity contribution in [2.45, 2.75) is 31.8 Å². The Balaban J connectivity index is 1.95. The van der Waals surface area contributed by atoms with Crippen molar-refractivity contribution in [2.24, 2.45) is 5.92 Å². The molecule has 1 aromatic rings. The number of rotatable bonds is 0. The Hall–Kier alpha value is -0.990. The molecule has 0 amide bonds. The van der Waals surface area contributed by atoms with Crippen molar-refractivity contribution in [3.05, 3.63) is 12.4 Å². The molecule has 3 nitrogen and oxygen atoms in total. The Labute approximate surface area is 71.8 Å². The molecule has 3 heteroatoms. The van der Waals surface area contributed by atoms with Crippen molar-refractivity contribution < 1.29 is 0 Å². The third-order valence-corrected chi connectivity index (χ3v) is 3.12. The highest BCUT2D eigenvalue weighted by Crippen LogP contribution is 2.33. The first-order chi connectivity index (χ1) is 5.93. The van der Waals surface area contributed by atoms with Crippen LogP contribution in [-0.4, -0.2) is 15.6 Å². The molecule has 0 spiro atoms. The summed E-state index contributed by atoms with van der Waals surface area (Å²) in [6.07, 6.45) is 8.04. The normalized spacial score (nSPS) is 32.3. The van der Waals surface area contributed by atoms with Crippen molar-refractivity contribution in [1.29, 1.82) is 0 Å². The molecule has 1 aromatic heterocycles. The molecule has 12 heavy (non-hydrogen) atoms. The van der Waals surface area contributed by atoms with Gasteiger partial charge >= 0.3 is 0 Å². The lowest BCUT2D eigenvalue weighted by Gasteiger charge is -2.28. The fourth-order valence-corrected chi connectivity index (χ4v) is 2.46. The molecule has 1 aliphatic carbocycles. The van der Waals surface area contributed by atoms with E-state index in [0.717, 1.165) is 11.9 Å². The van der Waals surface area contributed by atoms with Gasteiger partial charge in [-0.2, -0.15) is 0 Å². The lowest BCUT2D eigenvalue weighted by atomic mass is 10.0. The number of nitrogens with zero attached hydrogens (tertiary/aromatic N) is 2. The molecule has 2 aliphatic rings. The summed E-state index contributed by atoms with van der Waals surface area (Å²) in [6, 6.07) is 0.708. The third-order valence-electron chi connectivity index (χ3n) is 3.12. The largest absolute Gasteiger partial charge is 0.353 e. The highest BCUT2D eigenvalue weighted by atomic mass is 15.2. The second-order valence-electron chi connectivity index (χ2n) is 3.85. The molecule has 1 fully saturated rings. The molecule has 0 saturated heterocycles. The van der Waals surface area contributed by atoms with Crippen molar-refractivity contribution in [3.63, 3.8) is 0 Å². The highest BCUT2D eigenvalue weighted by Gasteiger charge is 2.31. The van der Waals surface area contributed by atoms with E-state index >= 15 is 0 Å². The molecule has 0 radical (unpaired) electrons. The molecule has 1 aliphatic heterocycles. The second kappa shape index (κ2) is 2.25. The number of aromatic nitrogens is 2. The molecule has 2 atom stereocenters. The Morgan fingerprint density at radius 2 is 2.50 bits per heavy atom. The van der Waals surface area contributed by atoms with Crippen LogP contribution in [-0.2, 0) is 6.54 Å². The number of nitrogens with one attached hydrogen (secondary N) is 1. The molecule has 1 N–H and O–H groups in total. The highest BCUT2D eigenvalue weighted by molar-refractivity contribution is 5.31. The van der Waals surface area contributed by atoms with E-state index in [0.29, 0.717) is 6.04 Å². The molecular formula is C9H13N3. The standard InChI is InChI=1S/C9H13N3/c1-2-7-6-12-5-4-10-9(12)11-8(7)3-1/h4-5,7-8H,1-3,6H2,(H,10,11). The second-order valence-corrected chi connectivity index (χ2v) is 3.85. The van der Waals surface area contributed by atoms with E-state index in [1.165, 1.54) is 25.8 Å². The predicted molar refractivity (Wildman–Crippen MR) is 47.0 cm³/mol. The predicted octanol–water partition coefficient (Wildman–Crippen LogP) is 1.48. The quantitative estimate of drug-likeness (QED) is 0.627. The monoisotopic (exact) mass is 163 g/mol. The Morgan fingerprint density at radius 1 is 1.50 bits per heavy atom. The van der Waals surface area contributed by atoms with Crippen LogP contribution in [0.2, 0.25) is 0 Å². The van der Waals surface area contributed by atoms with Crippen LogP contribution in [0.15, 0.2) is 12.4 Å². The Bertz CT molecular complexity index is 265. The maximum Gasteiger partial charge on any atom is 0.203 e. The molecule has 2 unspecified atom stereocenters. The van der Waals surface area contributed by atoms with Gasteiger partial charge in [-0.15, -0.1) is 0 Å². The van der Waals surface area contributed by atoms with Gasteiger partial charge < -0.3 is 9.88 Å². The van der Waals surface area contributed by atoms with E-state index in [4.69, 9.17) is 0 Å². The summed E-state index contributed by atoms with van der Waals surface area (Å²) in [6.45, 7) is 1.17. The molecule has 64 valence electrons. The molecular weight excluding hydrogens is 150 g/mol. The zero-order chi connectivity index (χ0) is 7.97. The van der Waals surface area contributed by atoms with Crippen molar-refractivity contribution >= 4 is 5.95 Å². The summed E-state index contributed by atoms with van der Waals surface area (Å²) < 4.78 is 2.23. The maximum absolute atomic E-state index is 4.27. The summed E-state index contributed by atoms with van der Waals surface area (Å²) >= 11 is 0. The first-order valence-corrected chi connectivity index (χ1v) is 4.71. The van der Waals surface area contributed by atoms with Gasteiger partial charge in [0.2, 0.25) is 5.95 Å². The van der Waals surface area contributed by atoms with Crippen LogP contribution < -0.4 is 5.32 Å². The number of fused-ring (bicyclic) bond motifs is 2. The third kappa shape index (κ3) is 0.792. The van der Waals surface area contributed by atoms with E-state index in [1.807, 2.05) is 6.20 Å². The Kier molecular flexibility index (Phi) is 1.22. The van der Waals surface area contributed by atoms with Crippen LogP contribution in [0.1, 0.15) is 19.3 Å². The van der Waals surface area contributed by atoms with Crippen LogP contribution in [0, 0.1) is 5.92 Å². The molecule has 0 bridgehead atoms. The van der Waals surface area contributed by atoms with Gasteiger partial charge in [-0.25, -0.2) is 4.98 Å². The number of hydrogen-bond donors (Lipinski definition) is 1.